The summed E-state index contributed by atoms with van der Waals surface area (Å²) >= 11 is 3.03. The van der Waals surface area contributed by atoms with Crippen LogP contribution in [-0.2, 0) is 30.1 Å². The second kappa shape index (κ2) is 13.9. The third kappa shape index (κ3) is 6.96. The van der Waals surface area contributed by atoms with Crippen LogP contribution in [0.25, 0.3) is 22.4 Å². The summed E-state index contributed by atoms with van der Waals surface area (Å²) in [6.45, 7) is 6.69. The minimum absolute atomic E-state index is 0.0279. The number of hydrogen-bond donors (Lipinski definition) is 1. The summed E-state index contributed by atoms with van der Waals surface area (Å²) in [4.78, 5) is 35.9. The summed E-state index contributed by atoms with van der Waals surface area (Å²) in [5, 5.41) is 8.17. The van der Waals surface area contributed by atoms with Crippen LogP contribution in [-0.4, -0.2) is 42.1 Å². The molecule has 12 heteroatoms. The molecule has 0 spiro atoms. The normalized spacial score (nSPS) is 18.5. The number of aromatic amines is 1. The minimum atomic E-state index is -0.875. The Morgan fingerprint density at radius 3 is 2.75 bits per heavy atom. The number of nitroso groups, excluding NO2 is 1. The first-order valence-corrected chi connectivity index (χ1v) is 18.0. The largest absolute Gasteiger partial charge is 0.359 e. The van der Waals surface area contributed by atoms with Gasteiger partial charge in [-0.1, -0.05) is 56.3 Å². The van der Waals surface area contributed by atoms with Gasteiger partial charge in [-0.05, 0) is 84.4 Å². The summed E-state index contributed by atoms with van der Waals surface area (Å²) in [5.74, 6) is 0.497. The zero-order chi connectivity index (χ0) is 34.1. The maximum atomic E-state index is 15.7. The highest BCUT2D eigenvalue weighted by molar-refractivity contribution is 7.99. The van der Waals surface area contributed by atoms with Gasteiger partial charge in [-0.3, -0.25) is 9.78 Å². The van der Waals surface area contributed by atoms with E-state index in [2.05, 4.69) is 48.0 Å². The molecular formula is C36H38F2N6O2S2. The first-order valence-electron chi connectivity index (χ1n) is 16.1. The van der Waals surface area contributed by atoms with Gasteiger partial charge in [-0.25, -0.2) is 18.4 Å². The van der Waals surface area contributed by atoms with Gasteiger partial charge in [0.15, 0.2) is 23.3 Å². The molecule has 6 rings (SSSR count). The van der Waals surface area contributed by atoms with Crippen molar-refractivity contribution in [2.75, 3.05) is 11.5 Å². The first-order chi connectivity index (χ1) is 23.0. The van der Waals surface area contributed by atoms with E-state index in [-0.39, 0.29) is 22.2 Å². The fraction of sp³-hybridized carbons (Fsp3) is 0.389. The highest BCUT2D eigenvalue weighted by atomic mass is 32.2. The monoisotopic (exact) mass is 688 g/mol. The maximum Gasteiger partial charge on any atom is 0.286 e. The van der Waals surface area contributed by atoms with E-state index in [4.69, 9.17) is 10.1 Å². The number of H-pyrrole nitrogens is 1. The molecule has 0 aliphatic carbocycles. The predicted octanol–water partition coefficient (Wildman–Crippen LogP) is 8.81. The molecule has 5 aromatic rings. The number of carbonyl (C=O) groups is 1. The molecule has 0 unspecified atom stereocenters. The lowest BCUT2D eigenvalue weighted by Crippen LogP contribution is -2.27. The Kier molecular flexibility index (Phi) is 9.85. The van der Waals surface area contributed by atoms with Gasteiger partial charge in [0.05, 0.1) is 15.8 Å². The second-order valence-corrected chi connectivity index (χ2v) is 15.6. The third-order valence-electron chi connectivity index (χ3n) is 9.21. The van der Waals surface area contributed by atoms with Crippen LogP contribution in [0.2, 0.25) is 0 Å². The predicted molar refractivity (Wildman–Crippen MR) is 187 cm³/mol. The van der Waals surface area contributed by atoms with Gasteiger partial charge >= 0.3 is 0 Å². The van der Waals surface area contributed by atoms with Crippen LogP contribution < -0.4 is 0 Å². The topological polar surface area (TPSA) is 106 Å². The molecule has 1 amide bonds. The summed E-state index contributed by atoms with van der Waals surface area (Å²) in [6.07, 6.45) is 7.05. The number of rotatable bonds is 4. The molecule has 0 saturated heterocycles. The average Bonchev–Trinajstić information content (AvgIpc) is 3.73. The van der Waals surface area contributed by atoms with E-state index in [9.17, 15) is 9.70 Å². The van der Waals surface area contributed by atoms with Crippen LogP contribution in [0.15, 0.2) is 69.8 Å². The molecule has 48 heavy (non-hydrogen) atoms. The number of carbonyl (C=O) groups excluding carboxylic acids is 1. The number of aryl methyl sites for hydroxylation is 3. The van der Waals surface area contributed by atoms with E-state index in [0.717, 1.165) is 47.5 Å². The molecular weight excluding hydrogens is 651 g/mol. The number of nitrogens with one attached hydrogen (secondary N) is 1. The van der Waals surface area contributed by atoms with Crippen molar-refractivity contribution >= 4 is 40.3 Å². The molecule has 4 bridgehead atoms. The lowest BCUT2D eigenvalue weighted by atomic mass is 9.75. The Bertz CT molecular complexity index is 1990. The first kappa shape index (κ1) is 34.0. The van der Waals surface area contributed by atoms with Crippen LogP contribution >= 0.6 is 23.5 Å². The van der Waals surface area contributed by atoms with Crippen LogP contribution in [0, 0.1) is 22.0 Å². The number of pyridine rings is 1. The van der Waals surface area contributed by atoms with Crippen LogP contribution in [0.1, 0.15) is 69.0 Å². The summed E-state index contributed by atoms with van der Waals surface area (Å²) in [5.41, 5.74) is 2.98. The number of halogens is 2. The van der Waals surface area contributed by atoms with Crippen molar-refractivity contribution < 1.29 is 13.6 Å². The molecule has 2 aromatic carbocycles. The molecule has 250 valence electrons. The third-order valence-corrected chi connectivity index (χ3v) is 11.8. The quantitative estimate of drug-likeness (QED) is 0.188. The number of aromatic nitrogens is 5. The lowest BCUT2D eigenvalue weighted by molar-refractivity contribution is -0.117. The molecule has 0 saturated carbocycles. The molecule has 0 radical (unpaired) electrons. The van der Waals surface area contributed by atoms with Crippen LogP contribution in [0.3, 0.4) is 0 Å². The van der Waals surface area contributed by atoms with Gasteiger partial charge in [-0.15, -0.1) is 4.91 Å². The Hall–Kier alpha value is -3.90. The fourth-order valence-corrected chi connectivity index (χ4v) is 8.68. The van der Waals surface area contributed by atoms with E-state index in [0.29, 0.717) is 40.5 Å². The molecule has 1 aliphatic rings. The maximum absolute atomic E-state index is 15.7. The van der Waals surface area contributed by atoms with Crippen molar-refractivity contribution in [3.05, 3.63) is 93.9 Å². The Labute approximate surface area is 286 Å². The molecule has 1 atom stereocenters. The fourth-order valence-electron chi connectivity index (χ4n) is 6.44. The van der Waals surface area contributed by atoms with Crippen molar-refractivity contribution in [2.24, 2.45) is 17.6 Å². The number of benzene rings is 2. The molecule has 3 aromatic heterocycles. The summed E-state index contributed by atoms with van der Waals surface area (Å²) in [7, 11) is 1.83. The van der Waals surface area contributed by atoms with Gasteiger partial charge in [0, 0.05) is 41.3 Å². The molecule has 4 heterocycles. The zero-order valence-corrected chi connectivity index (χ0v) is 29.1. The highest BCUT2D eigenvalue weighted by Gasteiger charge is 2.35. The number of fused-ring (bicyclic) bond motifs is 8. The number of nitrogens with zero attached hydrogens (tertiary/aromatic N) is 5. The van der Waals surface area contributed by atoms with Gasteiger partial charge < -0.3 is 4.98 Å². The van der Waals surface area contributed by atoms with Crippen molar-refractivity contribution in [3.63, 3.8) is 0 Å². The minimum Gasteiger partial charge on any atom is -0.359 e. The molecule has 1 aliphatic heterocycles. The summed E-state index contributed by atoms with van der Waals surface area (Å²) in [6, 6.07) is 13.5. The van der Waals surface area contributed by atoms with Crippen molar-refractivity contribution in [3.8, 4) is 11.5 Å². The summed E-state index contributed by atoms with van der Waals surface area (Å²) < 4.78 is 32.7. The van der Waals surface area contributed by atoms with E-state index in [1.165, 1.54) is 11.8 Å². The van der Waals surface area contributed by atoms with Crippen molar-refractivity contribution in [1.82, 2.24) is 24.7 Å². The highest BCUT2D eigenvalue weighted by Crippen LogP contribution is 2.42. The van der Waals surface area contributed by atoms with Crippen LogP contribution in [0.5, 0.6) is 0 Å². The van der Waals surface area contributed by atoms with E-state index in [1.807, 2.05) is 43.1 Å². The van der Waals surface area contributed by atoms with Gasteiger partial charge in [-0.2, -0.15) is 16.9 Å². The Morgan fingerprint density at radius 2 is 1.94 bits per heavy atom. The number of thioether (sulfide) groups is 1. The number of amides is 1. The number of hydrogen-bond acceptors (Lipinski definition) is 7. The standard InChI is InChI=1S/C36H38F2N6O2S2/c1-35(2)14-6-15-36(3,23-8-5-7-22(19-23)9-10-28(45)43-46)34-41-33(44(4)42-34)27-20-24(11-16-39-27)48-32-26(13-18-47-21-35)25-12-17-40-31(25)29(37)30(32)38/h5,7-8,11-12,16-17,19-20,40H,6,9-10,13-15,18,21H2,1-4H3/t36-/m1/s1. The van der Waals surface area contributed by atoms with Gasteiger partial charge in [0.25, 0.3) is 5.91 Å². The zero-order valence-electron chi connectivity index (χ0n) is 27.5. The smallest absolute Gasteiger partial charge is 0.286 e. The average molecular weight is 689 g/mol. The van der Waals surface area contributed by atoms with Crippen LogP contribution in [0.4, 0.5) is 8.78 Å². The molecule has 1 N–H and O–H groups in total. The second-order valence-electron chi connectivity index (χ2n) is 13.4. The van der Waals surface area contributed by atoms with E-state index in [1.54, 1.807) is 23.1 Å². The van der Waals surface area contributed by atoms with Crippen molar-refractivity contribution in [2.45, 2.75) is 74.5 Å². The lowest BCUT2D eigenvalue weighted by Gasteiger charge is -2.30. The molecule has 0 fully saturated rings. The SMILES string of the molecule is Cn1nc2nc1-c1cc(ccn1)Sc1c(F)c(F)c3[nH]ccc3c1CCSCC(C)(C)CCC[C@]2(C)c1cccc(CCC(=O)N=O)c1. The van der Waals surface area contributed by atoms with Gasteiger partial charge in [0.2, 0.25) is 0 Å². The Morgan fingerprint density at radius 1 is 1.10 bits per heavy atom. The van der Waals surface area contributed by atoms with Crippen molar-refractivity contribution in [1.29, 1.82) is 0 Å². The van der Waals surface area contributed by atoms with Gasteiger partial charge in [0.1, 0.15) is 5.69 Å². The Balaban J connectivity index is 1.44. The molecule has 8 nitrogen and oxygen atoms in total. The van der Waals surface area contributed by atoms with E-state index < -0.39 is 23.0 Å². The van der Waals surface area contributed by atoms with E-state index >= 15 is 8.78 Å².